The molecule has 0 unspecified atom stereocenters. The van der Waals surface area contributed by atoms with Gasteiger partial charge < -0.3 is 20.1 Å². The number of hydrogen-bond acceptors (Lipinski definition) is 4. The monoisotopic (exact) mass is 282 g/mol. The lowest BCUT2D eigenvalue weighted by molar-refractivity contribution is -0.123. The number of carbonyl (C=O) groups is 1. The predicted molar refractivity (Wildman–Crippen MR) is 73.4 cm³/mol. The van der Waals surface area contributed by atoms with Crippen molar-refractivity contribution in [2.24, 2.45) is 0 Å². The molecule has 1 fully saturated rings. The topological polar surface area (TPSA) is 59.6 Å². The number of nitrogens with one attached hydrogen (secondary N) is 2. The largest absolute Gasteiger partial charge is 0.491 e. The van der Waals surface area contributed by atoms with Crippen LogP contribution in [-0.2, 0) is 9.53 Å². The highest BCUT2D eigenvalue weighted by Gasteiger charge is 2.28. The molecule has 1 amide bonds. The van der Waals surface area contributed by atoms with Crippen molar-refractivity contribution in [3.8, 4) is 5.75 Å². The Hall–Kier alpha value is -1.66. The second kappa shape index (κ2) is 6.67. The molecule has 2 rings (SSSR count). The molecular formula is C14H19FN2O3. The zero-order chi connectivity index (χ0) is 14.5. The minimum atomic E-state index is -0.495. The van der Waals surface area contributed by atoms with E-state index in [1.54, 1.807) is 13.0 Å². The van der Waals surface area contributed by atoms with Gasteiger partial charge >= 0.3 is 0 Å². The second-order valence-corrected chi connectivity index (χ2v) is 4.58. The van der Waals surface area contributed by atoms with E-state index < -0.39 is 11.9 Å². The van der Waals surface area contributed by atoms with Crippen LogP contribution < -0.4 is 15.4 Å². The first-order chi connectivity index (χ1) is 9.61. The lowest BCUT2D eigenvalue weighted by Crippen LogP contribution is -2.53. The molecule has 0 aliphatic carbocycles. The second-order valence-electron chi connectivity index (χ2n) is 4.58. The Morgan fingerprint density at radius 2 is 2.40 bits per heavy atom. The third-order valence-electron chi connectivity index (χ3n) is 3.10. The molecule has 20 heavy (non-hydrogen) atoms. The maximum absolute atomic E-state index is 13.7. The molecule has 2 N–H and O–H groups in total. The van der Waals surface area contributed by atoms with Gasteiger partial charge in [-0.3, -0.25) is 4.79 Å². The quantitative estimate of drug-likeness (QED) is 0.879. The number of amides is 1. The van der Waals surface area contributed by atoms with Gasteiger partial charge in [0.1, 0.15) is 6.04 Å². The van der Waals surface area contributed by atoms with Crippen LogP contribution in [-0.4, -0.2) is 37.8 Å². The lowest BCUT2D eigenvalue weighted by Gasteiger charge is -2.29. The third kappa shape index (κ3) is 3.46. The number of halogens is 1. The van der Waals surface area contributed by atoms with Crippen molar-refractivity contribution in [3.05, 3.63) is 24.0 Å². The van der Waals surface area contributed by atoms with Crippen LogP contribution >= 0.6 is 0 Å². The summed E-state index contributed by atoms with van der Waals surface area (Å²) in [5.41, 5.74) is 0.399. The highest BCUT2D eigenvalue weighted by molar-refractivity contribution is 5.95. The molecule has 1 aromatic carbocycles. The molecule has 2 atom stereocenters. The average molecular weight is 282 g/mol. The number of hydrogen-bond donors (Lipinski definition) is 2. The average Bonchev–Trinajstić information content (AvgIpc) is 2.42. The molecule has 1 heterocycles. The van der Waals surface area contributed by atoms with Crippen molar-refractivity contribution in [2.75, 3.05) is 25.1 Å². The van der Waals surface area contributed by atoms with Crippen molar-refractivity contribution >= 4 is 11.6 Å². The van der Waals surface area contributed by atoms with E-state index in [-0.39, 0.29) is 17.8 Å². The molecule has 0 saturated carbocycles. The van der Waals surface area contributed by atoms with E-state index >= 15 is 0 Å². The number of ether oxygens (including phenoxy) is 2. The molecule has 1 aliphatic heterocycles. The fourth-order valence-electron chi connectivity index (χ4n) is 2.10. The number of rotatable bonds is 4. The Morgan fingerprint density at radius 3 is 3.05 bits per heavy atom. The van der Waals surface area contributed by atoms with Gasteiger partial charge in [0, 0.05) is 18.3 Å². The number of morpholine rings is 1. The zero-order valence-electron chi connectivity index (χ0n) is 11.6. The summed E-state index contributed by atoms with van der Waals surface area (Å²) in [6.07, 6.45) is -0.212. The van der Waals surface area contributed by atoms with Crippen LogP contribution in [0.2, 0.25) is 0 Å². The fraction of sp³-hybridized carbons (Fsp3) is 0.500. The van der Waals surface area contributed by atoms with Gasteiger partial charge in [-0.15, -0.1) is 0 Å². The maximum atomic E-state index is 13.7. The highest BCUT2D eigenvalue weighted by atomic mass is 19.1. The molecule has 1 aliphatic rings. The van der Waals surface area contributed by atoms with Crippen LogP contribution in [0.25, 0.3) is 0 Å². The summed E-state index contributed by atoms with van der Waals surface area (Å²) in [5, 5.41) is 5.75. The fourth-order valence-corrected chi connectivity index (χ4v) is 2.10. The summed E-state index contributed by atoms with van der Waals surface area (Å²) in [7, 11) is 0. The van der Waals surface area contributed by atoms with Gasteiger partial charge in [-0.2, -0.15) is 0 Å². The van der Waals surface area contributed by atoms with E-state index in [1.807, 2.05) is 6.92 Å². The van der Waals surface area contributed by atoms with Crippen molar-refractivity contribution in [1.82, 2.24) is 5.32 Å². The van der Waals surface area contributed by atoms with E-state index in [0.717, 1.165) is 0 Å². The molecule has 1 saturated heterocycles. The van der Waals surface area contributed by atoms with Crippen molar-refractivity contribution in [2.45, 2.75) is 26.0 Å². The summed E-state index contributed by atoms with van der Waals surface area (Å²) in [5.74, 6) is -0.552. The smallest absolute Gasteiger partial charge is 0.244 e. The van der Waals surface area contributed by atoms with E-state index in [9.17, 15) is 9.18 Å². The van der Waals surface area contributed by atoms with E-state index in [1.165, 1.54) is 12.1 Å². The normalized spacial score (nSPS) is 22.4. The summed E-state index contributed by atoms with van der Waals surface area (Å²) in [6.45, 7) is 5.21. The minimum absolute atomic E-state index is 0.179. The van der Waals surface area contributed by atoms with Crippen molar-refractivity contribution in [1.29, 1.82) is 0 Å². The predicted octanol–water partition coefficient (Wildman–Crippen LogP) is 1.54. The van der Waals surface area contributed by atoms with Gasteiger partial charge in [-0.25, -0.2) is 4.39 Å². The molecule has 6 heteroatoms. The van der Waals surface area contributed by atoms with Crippen LogP contribution in [0.15, 0.2) is 18.2 Å². The first-order valence-corrected chi connectivity index (χ1v) is 6.70. The summed E-state index contributed by atoms with van der Waals surface area (Å²) >= 11 is 0. The number of carbonyl (C=O) groups excluding carboxylic acids is 1. The zero-order valence-corrected chi connectivity index (χ0v) is 11.6. The van der Waals surface area contributed by atoms with E-state index in [0.29, 0.717) is 25.4 Å². The maximum Gasteiger partial charge on any atom is 0.244 e. The SMILES string of the molecule is CCOc1ccc(NC(=O)[C@H]2NCCO[C@@H]2C)cc1F. The molecule has 0 spiro atoms. The minimum Gasteiger partial charge on any atom is -0.491 e. The Labute approximate surface area is 117 Å². The first-order valence-electron chi connectivity index (χ1n) is 6.70. The summed E-state index contributed by atoms with van der Waals surface area (Å²) in [4.78, 5) is 12.1. The Kier molecular flexibility index (Phi) is 4.92. The van der Waals surface area contributed by atoms with Gasteiger partial charge in [-0.1, -0.05) is 0 Å². The van der Waals surface area contributed by atoms with Gasteiger partial charge in [0.15, 0.2) is 11.6 Å². The Balaban J connectivity index is 2.02. The molecule has 0 aromatic heterocycles. The molecule has 0 bridgehead atoms. The standard InChI is InChI=1S/C14H19FN2O3/c1-3-19-12-5-4-10(8-11(12)15)17-14(18)13-9(2)20-7-6-16-13/h4-5,8-9,13,16H,3,6-7H2,1-2H3,(H,17,18)/t9-,13+/m1/s1. The van der Waals surface area contributed by atoms with Crippen LogP contribution in [0.3, 0.4) is 0 Å². The van der Waals surface area contributed by atoms with E-state index in [4.69, 9.17) is 9.47 Å². The lowest BCUT2D eigenvalue weighted by atomic mass is 10.1. The Morgan fingerprint density at radius 1 is 1.60 bits per heavy atom. The Bertz CT molecular complexity index is 481. The van der Waals surface area contributed by atoms with E-state index in [2.05, 4.69) is 10.6 Å². The van der Waals surface area contributed by atoms with Crippen LogP contribution in [0.1, 0.15) is 13.8 Å². The molecule has 110 valence electrons. The first kappa shape index (κ1) is 14.7. The van der Waals surface area contributed by atoms with Crippen LogP contribution in [0, 0.1) is 5.82 Å². The number of benzene rings is 1. The molecule has 5 nitrogen and oxygen atoms in total. The molecule has 0 radical (unpaired) electrons. The van der Waals surface area contributed by atoms with Gasteiger partial charge in [0.25, 0.3) is 0 Å². The summed E-state index contributed by atoms with van der Waals surface area (Å²) in [6, 6.07) is 3.93. The van der Waals surface area contributed by atoms with Gasteiger partial charge in [-0.05, 0) is 26.0 Å². The molecule has 1 aromatic rings. The highest BCUT2D eigenvalue weighted by Crippen LogP contribution is 2.21. The van der Waals surface area contributed by atoms with Gasteiger partial charge in [0.2, 0.25) is 5.91 Å². The number of anilines is 1. The van der Waals surface area contributed by atoms with Crippen LogP contribution in [0.5, 0.6) is 5.75 Å². The van der Waals surface area contributed by atoms with Gasteiger partial charge in [0.05, 0.1) is 19.3 Å². The molecular weight excluding hydrogens is 263 g/mol. The third-order valence-corrected chi connectivity index (χ3v) is 3.10. The van der Waals surface area contributed by atoms with Crippen molar-refractivity contribution in [3.63, 3.8) is 0 Å². The van der Waals surface area contributed by atoms with Crippen LogP contribution in [0.4, 0.5) is 10.1 Å². The summed E-state index contributed by atoms with van der Waals surface area (Å²) < 4.78 is 24.2. The van der Waals surface area contributed by atoms with Crippen molar-refractivity contribution < 1.29 is 18.7 Å².